The summed E-state index contributed by atoms with van der Waals surface area (Å²) in [5, 5.41) is 13.4. The third kappa shape index (κ3) is 8.79. The maximum absolute atomic E-state index is 10.00. The number of nitriles is 1. The van der Waals surface area contributed by atoms with Crippen molar-refractivity contribution in [2.45, 2.75) is 62.3 Å². The van der Waals surface area contributed by atoms with Crippen LogP contribution in [0.15, 0.2) is 177 Å². The third-order valence-corrected chi connectivity index (χ3v) is 14.4. The molecule has 8 aromatic carbocycles. The van der Waals surface area contributed by atoms with E-state index >= 15 is 0 Å². The average molecular weight is 943 g/mol. The zero-order chi connectivity index (χ0) is 50.8. The largest absolute Gasteiger partial charge is 0.307 e. The van der Waals surface area contributed by atoms with Crippen LogP contribution >= 0.6 is 0 Å². The fourth-order valence-electron chi connectivity index (χ4n) is 11.3. The summed E-state index contributed by atoms with van der Waals surface area (Å²) in [5.41, 5.74) is 27.8. The zero-order valence-electron chi connectivity index (χ0n) is 43.2. The normalized spacial score (nSPS) is 11.6. The lowest BCUT2D eigenvalue weighted by Gasteiger charge is -2.18. The molecule has 0 aliphatic rings. The van der Waals surface area contributed by atoms with Crippen LogP contribution in [0.3, 0.4) is 0 Å². The minimum atomic E-state index is 0.609. The van der Waals surface area contributed by atoms with E-state index in [0.717, 1.165) is 94.4 Å². The van der Waals surface area contributed by atoms with Gasteiger partial charge in [-0.3, -0.25) is 4.57 Å². The molecule has 0 N–H and O–H groups in total. The van der Waals surface area contributed by atoms with E-state index in [1.165, 1.54) is 61.2 Å². The molecule has 0 unspecified atom stereocenters. The second-order valence-electron chi connectivity index (χ2n) is 20.5. The number of allylic oxidation sites excluding steroid dienone is 2. The molecule has 0 spiro atoms. The minimum Gasteiger partial charge on any atom is -0.307 e. The molecule has 11 rings (SSSR count). The smallest absolute Gasteiger partial charge is 0.138 e. The average Bonchev–Trinajstić information content (AvgIpc) is 3.83. The van der Waals surface area contributed by atoms with Crippen LogP contribution in [0.5, 0.6) is 0 Å². The first-order valence-corrected chi connectivity index (χ1v) is 25.1. The number of aryl methyl sites for hydroxylation is 8. The fourth-order valence-corrected chi connectivity index (χ4v) is 11.3. The van der Waals surface area contributed by atoms with Crippen LogP contribution in [0.2, 0.25) is 0 Å². The molecule has 3 heterocycles. The molecule has 0 aliphatic carbocycles. The van der Waals surface area contributed by atoms with Crippen molar-refractivity contribution in [2.24, 2.45) is 0 Å². The number of hydrogen-bond donors (Lipinski definition) is 0. The van der Waals surface area contributed by atoms with E-state index in [4.69, 9.17) is 4.98 Å². The Bertz CT molecular complexity index is 3950. The van der Waals surface area contributed by atoms with Crippen LogP contribution in [0.1, 0.15) is 66.9 Å². The van der Waals surface area contributed by atoms with E-state index in [0.29, 0.717) is 5.56 Å². The Morgan fingerprint density at radius 2 is 0.863 bits per heavy atom. The molecule has 3 aromatic heterocycles. The van der Waals surface area contributed by atoms with Crippen molar-refractivity contribution < 1.29 is 0 Å². The fraction of sp³-hybridized carbons (Fsp3) is 0.130. The van der Waals surface area contributed by atoms with Gasteiger partial charge in [0.1, 0.15) is 5.82 Å². The highest BCUT2D eigenvalue weighted by atomic mass is 15.1. The van der Waals surface area contributed by atoms with Crippen molar-refractivity contribution >= 4 is 44.4 Å². The summed E-state index contributed by atoms with van der Waals surface area (Å²) in [7, 11) is 0. The van der Waals surface area contributed by atoms with Crippen LogP contribution in [0.4, 0.5) is 0 Å². The molecule has 354 valence electrons. The monoisotopic (exact) mass is 942 g/mol. The molecule has 0 atom stereocenters. The number of rotatable bonds is 9. The van der Waals surface area contributed by atoms with Crippen molar-refractivity contribution in [3.8, 4) is 62.1 Å². The summed E-state index contributed by atoms with van der Waals surface area (Å²) in [6, 6.07) is 60.1. The topological polar surface area (TPSA) is 46.5 Å². The standard InChI is InChI=1S/C69H58N4/c1-41-23-42(2)28-56(27-41)49(9)11-19-60-50(10)72(65-35-53(16-20-61(60)65)57-29-43(3)24-44(4)30-57)69-38-64(52-14-12-51(39-70)13-15-52)68(40-71-69)73-66-36-54(58-31-45(5)25-46(6)32-58)17-21-62(66)63-22-18-55(37-67(63)73)59-33-47(7)26-48(8)34-59/h11-38,40H,9H2,1-8,10H3/b19-11-. The number of hydrogen-bond acceptors (Lipinski definition) is 2. The Kier molecular flexibility index (Phi) is 11.8. The summed E-state index contributed by atoms with van der Waals surface area (Å²) in [6.45, 7) is 24.0. The van der Waals surface area contributed by atoms with Gasteiger partial charge in [0, 0.05) is 33.0 Å². The van der Waals surface area contributed by atoms with Gasteiger partial charge in [0.15, 0.2) is 0 Å². The highest BCUT2D eigenvalue weighted by molar-refractivity contribution is 6.12. The Hall–Kier alpha value is -8.78. The van der Waals surface area contributed by atoms with E-state index in [9.17, 15) is 5.26 Å². The summed E-state index contributed by atoms with van der Waals surface area (Å²) in [5.74, 6) is 0.795. The van der Waals surface area contributed by atoms with Gasteiger partial charge < -0.3 is 4.57 Å². The number of pyridine rings is 1. The second kappa shape index (κ2) is 18.4. The predicted molar refractivity (Wildman–Crippen MR) is 309 cm³/mol. The van der Waals surface area contributed by atoms with E-state index in [1.807, 2.05) is 12.1 Å². The van der Waals surface area contributed by atoms with Crippen molar-refractivity contribution in [1.29, 1.82) is 5.26 Å². The van der Waals surface area contributed by atoms with Gasteiger partial charge in [-0.2, -0.15) is 5.26 Å². The molecule has 0 radical (unpaired) electrons. The molecule has 4 nitrogen and oxygen atoms in total. The molecule has 0 fully saturated rings. The van der Waals surface area contributed by atoms with E-state index in [1.54, 1.807) is 0 Å². The number of nitrogens with zero attached hydrogens (tertiary/aromatic N) is 4. The molecule has 11 aromatic rings. The Morgan fingerprint density at radius 1 is 0.452 bits per heavy atom. The van der Waals surface area contributed by atoms with Gasteiger partial charge in [-0.25, -0.2) is 4.98 Å². The first kappa shape index (κ1) is 46.6. The van der Waals surface area contributed by atoms with Gasteiger partial charge in [-0.1, -0.05) is 185 Å². The molecular formula is C69H58N4. The van der Waals surface area contributed by atoms with E-state index < -0.39 is 0 Å². The van der Waals surface area contributed by atoms with Crippen LogP contribution in [-0.2, 0) is 0 Å². The van der Waals surface area contributed by atoms with Crippen molar-refractivity contribution in [3.63, 3.8) is 0 Å². The van der Waals surface area contributed by atoms with Crippen LogP contribution in [-0.4, -0.2) is 14.1 Å². The predicted octanol–water partition coefficient (Wildman–Crippen LogP) is 18.2. The maximum Gasteiger partial charge on any atom is 0.138 e. The van der Waals surface area contributed by atoms with Gasteiger partial charge in [-0.15, -0.1) is 0 Å². The Labute approximate surface area is 429 Å². The number of aromatic nitrogens is 3. The molecule has 4 heteroatoms. The van der Waals surface area contributed by atoms with E-state index in [2.05, 4.69) is 248 Å². The third-order valence-electron chi connectivity index (χ3n) is 14.4. The number of benzene rings is 8. The van der Waals surface area contributed by atoms with Gasteiger partial charge in [0.05, 0.1) is 40.1 Å². The number of fused-ring (bicyclic) bond motifs is 4. The summed E-state index contributed by atoms with van der Waals surface area (Å²) >= 11 is 0. The lowest BCUT2D eigenvalue weighted by molar-refractivity contribution is 0.984. The molecule has 0 aliphatic heterocycles. The first-order chi connectivity index (χ1) is 35.2. The van der Waals surface area contributed by atoms with Gasteiger partial charge in [-0.05, 0) is 149 Å². The van der Waals surface area contributed by atoms with Crippen LogP contribution < -0.4 is 0 Å². The van der Waals surface area contributed by atoms with Crippen LogP contribution in [0.25, 0.3) is 100 Å². The molecule has 0 amide bonds. The molecule has 0 bridgehead atoms. The van der Waals surface area contributed by atoms with Gasteiger partial charge in [0.25, 0.3) is 0 Å². The Balaban J connectivity index is 1.18. The van der Waals surface area contributed by atoms with Crippen molar-refractivity contribution in [2.75, 3.05) is 0 Å². The zero-order valence-corrected chi connectivity index (χ0v) is 43.2. The minimum absolute atomic E-state index is 0.609. The summed E-state index contributed by atoms with van der Waals surface area (Å²) in [4.78, 5) is 5.51. The molecule has 0 saturated carbocycles. The molecular weight excluding hydrogens is 885 g/mol. The lowest BCUT2D eigenvalue weighted by Crippen LogP contribution is -2.05. The molecule has 0 saturated heterocycles. The SMILES string of the molecule is C=C(/C=C\c1c(C)n(-c2cc(-c3ccc(C#N)cc3)c(-n3c4cc(-c5cc(C)cc(C)c5)ccc4c4ccc(-c5cc(C)cc(C)c5)cc43)cn2)c2cc(-c3cc(C)cc(C)c3)ccc12)c1cc(C)cc(C)c1. The highest BCUT2D eigenvalue weighted by Gasteiger charge is 2.22. The van der Waals surface area contributed by atoms with E-state index in [-0.39, 0.29) is 0 Å². The van der Waals surface area contributed by atoms with Gasteiger partial charge >= 0.3 is 0 Å². The van der Waals surface area contributed by atoms with Crippen molar-refractivity contribution in [3.05, 3.63) is 243 Å². The van der Waals surface area contributed by atoms with Crippen molar-refractivity contribution in [1.82, 2.24) is 14.1 Å². The Morgan fingerprint density at radius 3 is 1.32 bits per heavy atom. The molecule has 73 heavy (non-hydrogen) atoms. The quantitative estimate of drug-likeness (QED) is 0.135. The first-order valence-electron chi connectivity index (χ1n) is 25.1. The summed E-state index contributed by atoms with van der Waals surface area (Å²) < 4.78 is 4.73. The van der Waals surface area contributed by atoms with Gasteiger partial charge in [0.2, 0.25) is 0 Å². The maximum atomic E-state index is 10.00. The van der Waals surface area contributed by atoms with Crippen LogP contribution in [0, 0.1) is 73.6 Å². The highest BCUT2D eigenvalue weighted by Crippen LogP contribution is 2.42. The lowest BCUT2D eigenvalue weighted by atomic mass is 9.98. The second-order valence-corrected chi connectivity index (χ2v) is 20.5. The summed E-state index contributed by atoms with van der Waals surface area (Å²) in [6.07, 6.45) is 6.43.